The van der Waals surface area contributed by atoms with Crippen LogP contribution in [0, 0.1) is 11.6 Å². The molecule has 0 aliphatic rings. The standard InChI is InChI=1S/C14H14F2N2/c15-11-4-5-12(13(16)7-11)14(18)10-3-1-2-9(6-10)8-17/h1-7,14H,8,17-18H2. The molecule has 0 amide bonds. The third-order valence-corrected chi connectivity index (χ3v) is 2.84. The SMILES string of the molecule is NCc1cccc(C(N)c2ccc(F)cc2F)c1. The number of hydrogen-bond acceptors (Lipinski definition) is 2. The van der Waals surface area contributed by atoms with Gasteiger partial charge in [-0.3, -0.25) is 0 Å². The maximum atomic E-state index is 13.6. The summed E-state index contributed by atoms with van der Waals surface area (Å²) in [7, 11) is 0. The summed E-state index contributed by atoms with van der Waals surface area (Å²) in [6, 6.07) is 10.1. The number of hydrogen-bond donors (Lipinski definition) is 2. The molecule has 2 rings (SSSR count). The molecule has 0 aliphatic carbocycles. The maximum Gasteiger partial charge on any atom is 0.131 e. The Bertz CT molecular complexity index is 555. The van der Waals surface area contributed by atoms with Crippen LogP contribution in [0.5, 0.6) is 0 Å². The third kappa shape index (κ3) is 2.55. The fourth-order valence-corrected chi connectivity index (χ4v) is 1.85. The van der Waals surface area contributed by atoms with Crippen molar-refractivity contribution in [2.75, 3.05) is 0 Å². The zero-order valence-corrected chi connectivity index (χ0v) is 9.74. The van der Waals surface area contributed by atoms with E-state index >= 15 is 0 Å². The first-order valence-electron chi connectivity index (χ1n) is 5.61. The second-order valence-corrected chi connectivity index (χ2v) is 4.09. The Kier molecular flexibility index (Phi) is 3.69. The summed E-state index contributed by atoms with van der Waals surface area (Å²) in [6.45, 7) is 0.395. The molecule has 2 aromatic rings. The van der Waals surface area contributed by atoms with Crippen LogP contribution in [-0.2, 0) is 6.54 Å². The highest BCUT2D eigenvalue weighted by Gasteiger charge is 2.14. The normalized spacial score (nSPS) is 12.4. The third-order valence-electron chi connectivity index (χ3n) is 2.84. The molecule has 1 unspecified atom stereocenters. The minimum absolute atomic E-state index is 0.269. The van der Waals surface area contributed by atoms with Crippen molar-refractivity contribution in [2.24, 2.45) is 11.5 Å². The lowest BCUT2D eigenvalue weighted by Crippen LogP contribution is -2.14. The fraction of sp³-hybridized carbons (Fsp3) is 0.143. The van der Waals surface area contributed by atoms with Gasteiger partial charge in [-0.05, 0) is 17.2 Å². The van der Waals surface area contributed by atoms with Gasteiger partial charge in [-0.15, -0.1) is 0 Å². The number of benzene rings is 2. The molecule has 4 N–H and O–H groups in total. The van der Waals surface area contributed by atoms with E-state index in [0.717, 1.165) is 17.2 Å². The van der Waals surface area contributed by atoms with E-state index in [1.165, 1.54) is 12.1 Å². The molecule has 94 valence electrons. The molecule has 2 nitrogen and oxygen atoms in total. The van der Waals surface area contributed by atoms with Crippen molar-refractivity contribution >= 4 is 0 Å². The van der Waals surface area contributed by atoms with Crippen LogP contribution in [0.15, 0.2) is 42.5 Å². The highest BCUT2D eigenvalue weighted by molar-refractivity contribution is 5.34. The van der Waals surface area contributed by atoms with Gasteiger partial charge >= 0.3 is 0 Å². The molecular formula is C14H14F2N2. The molecule has 0 aliphatic heterocycles. The molecule has 0 aromatic heterocycles. The summed E-state index contributed by atoms with van der Waals surface area (Å²) in [4.78, 5) is 0. The average Bonchev–Trinajstić information content (AvgIpc) is 2.38. The van der Waals surface area contributed by atoms with Gasteiger partial charge in [-0.2, -0.15) is 0 Å². The van der Waals surface area contributed by atoms with Crippen molar-refractivity contribution in [2.45, 2.75) is 12.6 Å². The van der Waals surface area contributed by atoms with Gasteiger partial charge < -0.3 is 11.5 Å². The van der Waals surface area contributed by atoms with Gasteiger partial charge in [0.15, 0.2) is 0 Å². The molecule has 0 saturated carbocycles. The van der Waals surface area contributed by atoms with E-state index in [9.17, 15) is 8.78 Å². The largest absolute Gasteiger partial charge is 0.326 e. The van der Waals surface area contributed by atoms with Gasteiger partial charge in [-0.25, -0.2) is 8.78 Å². The molecule has 0 bridgehead atoms. The van der Waals surface area contributed by atoms with Crippen LogP contribution >= 0.6 is 0 Å². The Morgan fingerprint density at radius 1 is 1.06 bits per heavy atom. The molecular weight excluding hydrogens is 234 g/mol. The summed E-state index contributed by atoms with van der Waals surface area (Å²) in [5, 5.41) is 0. The van der Waals surface area contributed by atoms with Crippen LogP contribution in [0.1, 0.15) is 22.7 Å². The monoisotopic (exact) mass is 248 g/mol. The minimum atomic E-state index is -0.638. The second kappa shape index (κ2) is 5.25. The first-order valence-corrected chi connectivity index (χ1v) is 5.61. The number of nitrogens with two attached hydrogens (primary N) is 2. The predicted molar refractivity (Wildman–Crippen MR) is 66.7 cm³/mol. The zero-order chi connectivity index (χ0) is 13.1. The highest BCUT2D eigenvalue weighted by Crippen LogP contribution is 2.23. The highest BCUT2D eigenvalue weighted by atomic mass is 19.1. The topological polar surface area (TPSA) is 52.0 Å². The molecule has 0 spiro atoms. The first-order chi connectivity index (χ1) is 8.61. The average molecular weight is 248 g/mol. The fourth-order valence-electron chi connectivity index (χ4n) is 1.85. The second-order valence-electron chi connectivity index (χ2n) is 4.09. The van der Waals surface area contributed by atoms with Gasteiger partial charge in [0.2, 0.25) is 0 Å². The van der Waals surface area contributed by atoms with Crippen molar-refractivity contribution in [3.63, 3.8) is 0 Å². The Hall–Kier alpha value is -1.78. The maximum absolute atomic E-state index is 13.6. The molecule has 1 atom stereocenters. The Morgan fingerprint density at radius 3 is 2.50 bits per heavy atom. The van der Waals surface area contributed by atoms with E-state index in [-0.39, 0.29) is 5.56 Å². The van der Waals surface area contributed by atoms with Crippen molar-refractivity contribution in [1.82, 2.24) is 0 Å². The lowest BCUT2D eigenvalue weighted by Gasteiger charge is -2.14. The van der Waals surface area contributed by atoms with Crippen LogP contribution in [0.4, 0.5) is 8.78 Å². The quantitative estimate of drug-likeness (QED) is 0.876. The van der Waals surface area contributed by atoms with Crippen molar-refractivity contribution in [1.29, 1.82) is 0 Å². The summed E-state index contributed by atoms with van der Waals surface area (Å²) in [5.74, 6) is -1.25. The van der Waals surface area contributed by atoms with Crippen LogP contribution in [0.3, 0.4) is 0 Å². The molecule has 0 fully saturated rings. The van der Waals surface area contributed by atoms with Gasteiger partial charge in [0.25, 0.3) is 0 Å². The number of halogens is 2. The smallest absolute Gasteiger partial charge is 0.131 e. The summed E-state index contributed by atoms with van der Waals surface area (Å²) < 4.78 is 26.5. The first kappa shape index (κ1) is 12.7. The molecule has 0 heterocycles. The lowest BCUT2D eigenvalue weighted by atomic mass is 9.97. The van der Waals surface area contributed by atoms with Gasteiger partial charge in [0.1, 0.15) is 11.6 Å². The Morgan fingerprint density at radius 2 is 1.83 bits per heavy atom. The Labute approximate surface area is 104 Å². The Balaban J connectivity index is 2.37. The van der Waals surface area contributed by atoms with Crippen LogP contribution < -0.4 is 11.5 Å². The summed E-state index contributed by atoms with van der Waals surface area (Å²) in [6.07, 6.45) is 0. The van der Waals surface area contributed by atoms with Gasteiger partial charge in [-0.1, -0.05) is 30.3 Å². The molecule has 0 saturated heterocycles. The van der Waals surface area contributed by atoms with E-state index in [1.54, 1.807) is 6.07 Å². The van der Waals surface area contributed by atoms with Gasteiger partial charge in [0.05, 0.1) is 6.04 Å². The van der Waals surface area contributed by atoms with E-state index in [0.29, 0.717) is 6.54 Å². The van der Waals surface area contributed by atoms with E-state index < -0.39 is 17.7 Å². The number of rotatable bonds is 3. The minimum Gasteiger partial charge on any atom is -0.326 e. The molecule has 0 radical (unpaired) electrons. The van der Waals surface area contributed by atoms with Crippen LogP contribution in [-0.4, -0.2) is 0 Å². The van der Waals surface area contributed by atoms with E-state index in [1.807, 2.05) is 18.2 Å². The summed E-state index contributed by atoms with van der Waals surface area (Å²) >= 11 is 0. The van der Waals surface area contributed by atoms with Crippen molar-refractivity contribution in [3.8, 4) is 0 Å². The lowest BCUT2D eigenvalue weighted by molar-refractivity contribution is 0.566. The summed E-state index contributed by atoms with van der Waals surface area (Å²) in [5.41, 5.74) is 13.5. The van der Waals surface area contributed by atoms with Crippen LogP contribution in [0.25, 0.3) is 0 Å². The van der Waals surface area contributed by atoms with E-state index in [2.05, 4.69) is 0 Å². The van der Waals surface area contributed by atoms with E-state index in [4.69, 9.17) is 11.5 Å². The van der Waals surface area contributed by atoms with Crippen molar-refractivity contribution < 1.29 is 8.78 Å². The molecule has 18 heavy (non-hydrogen) atoms. The zero-order valence-electron chi connectivity index (χ0n) is 9.74. The van der Waals surface area contributed by atoms with Crippen molar-refractivity contribution in [3.05, 3.63) is 70.8 Å². The van der Waals surface area contributed by atoms with Gasteiger partial charge in [0, 0.05) is 18.2 Å². The molecule has 4 heteroatoms. The predicted octanol–water partition coefficient (Wildman–Crippen LogP) is 2.47. The molecule has 2 aromatic carbocycles. The van der Waals surface area contributed by atoms with Crippen LogP contribution in [0.2, 0.25) is 0 Å².